The van der Waals surface area contributed by atoms with E-state index in [2.05, 4.69) is 12.2 Å². The van der Waals surface area contributed by atoms with Crippen molar-refractivity contribution < 1.29 is 9.53 Å². The van der Waals surface area contributed by atoms with Gasteiger partial charge >= 0.3 is 0 Å². The maximum absolute atomic E-state index is 10.8. The van der Waals surface area contributed by atoms with Crippen LogP contribution in [0.5, 0.6) is 0 Å². The molecule has 0 bridgehead atoms. The number of rotatable bonds is 5. The minimum Gasteiger partial charge on any atom is -0.370 e. The SMILES string of the molecule is CC[C@@H](OC)Sc1ccc(NC(C)=O)cc1. The summed E-state index contributed by atoms with van der Waals surface area (Å²) in [5.74, 6) is -0.0521. The van der Waals surface area contributed by atoms with E-state index >= 15 is 0 Å². The van der Waals surface area contributed by atoms with Crippen LogP contribution in [-0.4, -0.2) is 18.5 Å². The lowest BCUT2D eigenvalue weighted by atomic mass is 10.3. The molecule has 1 rings (SSSR count). The Labute approximate surface area is 101 Å². The molecular formula is C12H17NO2S. The van der Waals surface area contributed by atoms with E-state index in [0.29, 0.717) is 0 Å². The van der Waals surface area contributed by atoms with Gasteiger partial charge in [0.05, 0.1) is 0 Å². The average Bonchev–Trinajstić information content (AvgIpc) is 2.27. The first kappa shape index (κ1) is 13.1. The van der Waals surface area contributed by atoms with Crippen molar-refractivity contribution in [3.05, 3.63) is 24.3 Å². The van der Waals surface area contributed by atoms with Crippen LogP contribution in [-0.2, 0) is 9.53 Å². The van der Waals surface area contributed by atoms with Gasteiger partial charge in [-0.2, -0.15) is 0 Å². The summed E-state index contributed by atoms with van der Waals surface area (Å²) in [6.07, 6.45) is 0.967. The van der Waals surface area contributed by atoms with Crippen molar-refractivity contribution in [2.45, 2.75) is 30.6 Å². The van der Waals surface area contributed by atoms with Crippen LogP contribution < -0.4 is 5.32 Å². The molecule has 0 aliphatic rings. The largest absolute Gasteiger partial charge is 0.370 e. The fourth-order valence-electron chi connectivity index (χ4n) is 1.27. The summed E-state index contributed by atoms with van der Waals surface area (Å²) in [5.41, 5.74) is 1.01. The van der Waals surface area contributed by atoms with E-state index < -0.39 is 0 Å². The van der Waals surface area contributed by atoms with Crippen molar-refractivity contribution in [1.82, 2.24) is 0 Å². The van der Waals surface area contributed by atoms with Crippen molar-refractivity contribution in [3.8, 4) is 0 Å². The molecule has 0 spiro atoms. The molecule has 0 saturated carbocycles. The molecule has 0 aliphatic carbocycles. The third kappa shape index (κ3) is 4.24. The molecule has 0 heterocycles. The van der Waals surface area contributed by atoms with Gasteiger partial charge in [0.2, 0.25) is 5.91 Å². The van der Waals surface area contributed by atoms with Crippen molar-refractivity contribution in [2.24, 2.45) is 0 Å². The molecule has 16 heavy (non-hydrogen) atoms. The number of carbonyl (C=O) groups is 1. The highest BCUT2D eigenvalue weighted by Crippen LogP contribution is 2.26. The molecular weight excluding hydrogens is 222 g/mol. The predicted octanol–water partition coefficient (Wildman–Crippen LogP) is 3.12. The number of methoxy groups -OCH3 is 1. The van der Waals surface area contributed by atoms with Crippen LogP contribution in [0.1, 0.15) is 20.3 Å². The minimum absolute atomic E-state index is 0.0521. The van der Waals surface area contributed by atoms with Gasteiger partial charge in [-0.25, -0.2) is 0 Å². The Balaban J connectivity index is 2.60. The molecule has 0 aromatic heterocycles. The van der Waals surface area contributed by atoms with Crippen molar-refractivity contribution in [2.75, 3.05) is 12.4 Å². The van der Waals surface area contributed by atoms with Crippen molar-refractivity contribution in [3.63, 3.8) is 0 Å². The first-order valence-electron chi connectivity index (χ1n) is 5.22. The summed E-state index contributed by atoms with van der Waals surface area (Å²) in [7, 11) is 1.72. The van der Waals surface area contributed by atoms with Gasteiger partial charge in [0.15, 0.2) is 0 Å². The molecule has 0 radical (unpaired) electrons. The first-order valence-corrected chi connectivity index (χ1v) is 6.10. The van der Waals surface area contributed by atoms with Crippen LogP contribution in [0, 0.1) is 0 Å². The number of benzene rings is 1. The van der Waals surface area contributed by atoms with Gasteiger partial charge in [-0.3, -0.25) is 4.79 Å². The zero-order valence-electron chi connectivity index (χ0n) is 9.82. The molecule has 88 valence electrons. The van der Waals surface area contributed by atoms with Gasteiger partial charge in [0.25, 0.3) is 0 Å². The van der Waals surface area contributed by atoms with Gasteiger partial charge in [-0.1, -0.05) is 18.7 Å². The second-order valence-electron chi connectivity index (χ2n) is 3.40. The number of anilines is 1. The Morgan fingerprint density at radius 3 is 2.50 bits per heavy atom. The summed E-state index contributed by atoms with van der Waals surface area (Å²) < 4.78 is 5.29. The van der Waals surface area contributed by atoms with Crippen LogP contribution in [0.25, 0.3) is 0 Å². The molecule has 3 nitrogen and oxygen atoms in total. The Bertz CT molecular complexity index is 333. The molecule has 0 unspecified atom stereocenters. The standard InChI is InChI=1S/C12H17NO2S/c1-4-12(15-3)16-11-7-5-10(6-8-11)13-9(2)14/h5-8,12H,4H2,1-3H3,(H,13,14)/t12-/m0/s1. The highest BCUT2D eigenvalue weighted by Gasteiger charge is 2.06. The first-order chi connectivity index (χ1) is 7.65. The van der Waals surface area contributed by atoms with Crippen LogP contribution in [0.3, 0.4) is 0 Å². The van der Waals surface area contributed by atoms with Crippen molar-refractivity contribution >= 4 is 23.4 Å². The fourth-order valence-corrected chi connectivity index (χ4v) is 2.13. The summed E-state index contributed by atoms with van der Waals surface area (Å²) >= 11 is 1.68. The zero-order chi connectivity index (χ0) is 12.0. The van der Waals surface area contributed by atoms with E-state index in [1.165, 1.54) is 6.92 Å². The number of hydrogen-bond acceptors (Lipinski definition) is 3. The van der Waals surface area contributed by atoms with Gasteiger partial charge < -0.3 is 10.1 Å². The highest BCUT2D eigenvalue weighted by atomic mass is 32.2. The number of amides is 1. The highest BCUT2D eigenvalue weighted by molar-refractivity contribution is 7.99. The van der Waals surface area contributed by atoms with E-state index in [1.807, 2.05) is 24.3 Å². The third-order valence-corrected chi connectivity index (χ3v) is 3.37. The molecule has 1 aromatic rings. The van der Waals surface area contributed by atoms with Crippen LogP contribution in [0.4, 0.5) is 5.69 Å². The Morgan fingerprint density at radius 1 is 1.44 bits per heavy atom. The molecule has 1 amide bonds. The fraction of sp³-hybridized carbons (Fsp3) is 0.417. The van der Waals surface area contributed by atoms with Crippen LogP contribution in [0.2, 0.25) is 0 Å². The van der Waals surface area contributed by atoms with E-state index in [4.69, 9.17) is 4.74 Å². The van der Waals surface area contributed by atoms with E-state index in [1.54, 1.807) is 18.9 Å². The van der Waals surface area contributed by atoms with Gasteiger partial charge in [-0.05, 0) is 30.7 Å². The number of ether oxygens (including phenoxy) is 1. The summed E-state index contributed by atoms with van der Waals surface area (Å²) in [6.45, 7) is 3.59. The lowest BCUT2D eigenvalue weighted by Gasteiger charge is -2.12. The molecule has 1 N–H and O–H groups in total. The maximum atomic E-state index is 10.8. The lowest BCUT2D eigenvalue weighted by Crippen LogP contribution is -2.05. The lowest BCUT2D eigenvalue weighted by molar-refractivity contribution is -0.114. The Kier molecular flexibility index (Phi) is 5.35. The predicted molar refractivity (Wildman–Crippen MR) is 67.7 cm³/mol. The number of carbonyl (C=O) groups excluding carboxylic acids is 1. The molecule has 1 aromatic carbocycles. The maximum Gasteiger partial charge on any atom is 0.221 e. The van der Waals surface area contributed by atoms with E-state index in [9.17, 15) is 4.79 Å². The zero-order valence-corrected chi connectivity index (χ0v) is 10.6. The van der Waals surface area contributed by atoms with E-state index in [-0.39, 0.29) is 11.3 Å². The summed E-state index contributed by atoms with van der Waals surface area (Å²) in [4.78, 5) is 12.0. The third-order valence-electron chi connectivity index (χ3n) is 2.04. The van der Waals surface area contributed by atoms with Gasteiger partial charge in [0.1, 0.15) is 5.44 Å². The second kappa shape index (κ2) is 6.55. The Hall–Kier alpha value is -1.00. The van der Waals surface area contributed by atoms with Crippen LogP contribution >= 0.6 is 11.8 Å². The smallest absolute Gasteiger partial charge is 0.221 e. The monoisotopic (exact) mass is 239 g/mol. The number of thioether (sulfide) groups is 1. The summed E-state index contributed by atoms with van der Waals surface area (Å²) in [5, 5.41) is 2.73. The molecule has 0 saturated heterocycles. The molecule has 0 fully saturated rings. The molecule has 0 aliphatic heterocycles. The number of hydrogen-bond donors (Lipinski definition) is 1. The molecule has 4 heteroatoms. The topological polar surface area (TPSA) is 38.3 Å². The molecule has 1 atom stereocenters. The average molecular weight is 239 g/mol. The summed E-state index contributed by atoms with van der Waals surface area (Å²) in [6, 6.07) is 7.76. The quantitative estimate of drug-likeness (QED) is 0.633. The van der Waals surface area contributed by atoms with Gasteiger partial charge in [0, 0.05) is 24.6 Å². The normalized spacial score (nSPS) is 12.2. The van der Waals surface area contributed by atoms with Crippen LogP contribution in [0.15, 0.2) is 29.2 Å². The number of nitrogens with one attached hydrogen (secondary N) is 1. The Morgan fingerprint density at radius 2 is 2.06 bits per heavy atom. The minimum atomic E-state index is -0.0521. The van der Waals surface area contributed by atoms with E-state index in [0.717, 1.165) is 17.0 Å². The second-order valence-corrected chi connectivity index (χ2v) is 4.63. The van der Waals surface area contributed by atoms with Gasteiger partial charge in [-0.15, -0.1) is 0 Å². The van der Waals surface area contributed by atoms with Crippen molar-refractivity contribution in [1.29, 1.82) is 0 Å².